The Morgan fingerprint density at radius 3 is 2.90 bits per heavy atom. The first-order chi connectivity index (χ1) is 10.1. The van der Waals surface area contributed by atoms with Gasteiger partial charge in [-0.25, -0.2) is 4.39 Å². The maximum atomic E-state index is 13.8. The minimum absolute atomic E-state index is 0.303. The molecule has 0 fully saturated rings. The molecule has 2 aromatic heterocycles. The average molecular weight is 350 g/mol. The largest absolute Gasteiger partial charge is 0.460 e. The summed E-state index contributed by atoms with van der Waals surface area (Å²) in [5.41, 5.74) is 2.15. The Bertz CT molecular complexity index is 766. The van der Waals surface area contributed by atoms with Crippen LogP contribution in [0.25, 0.3) is 11.5 Å². The molecule has 3 rings (SSSR count). The summed E-state index contributed by atoms with van der Waals surface area (Å²) in [4.78, 5) is 0. The first-order valence-electron chi connectivity index (χ1n) is 6.41. The standard InChI is InChI=1S/C15H13BrFN3O/c1-9-2-5-14(21-9)15-10(8-19-20-15)7-18-13-4-3-11(16)6-12(13)17/h2-6,8,18H,7H2,1H3,(H,19,20). The molecule has 0 spiro atoms. The highest BCUT2D eigenvalue weighted by molar-refractivity contribution is 9.10. The number of rotatable bonds is 4. The molecule has 0 bridgehead atoms. The normalized spacial score (nSPS) is 10.8. The molecule has 0 amide bonds. The molecule has 0 saturated heterocycles. The highest BCUT2D eigenvalue weighted by atomic mass is 79.9. The van der Waals surface area contributed by atoms with Gasteiger partial charge >= 0.3 is 0 Å². The van der Waals surface area contributed by atoms with Gasteiger partial charge in [0.2, 0.25) is 0 Å². The lowest BCUT2D eigenvalue weighted by molar-refractivity contribution is 0.545. The summed E-state index contributed by atoms with van der Waals surface area (Å²) >= 11 is 3.24. The third kappa shape index (κ3) is 3.00. The number of anilines is 1. The summed E-state index contributed by atoms with van der Waals surface area (Å²) in [5.74, 6) is 1.25. The number of hydrogen-bond acceptors (Lipinski definition) is 3. The van der Waals surface area contributed by atoms with Gasteiger partial charge in [-0.1, -0.05) is 15.9 Å². The Morgan fingerprint density at radius 2 is 2.19 bits per heavy atom. The highest BCUT2D eigenvalue weighted by Gasteiger charge is 2.11. The van der Waals surface area contributed by atoms with E-state index < -0.39 is 0 Å². The van der Waals surface area contributed by atoms with Crippen LogP contribution in [0.15, 0.2) is 45.4 Å². The fraction of sp³-hybridized carbons (Fsp3) is 0.133. The fourth-order valence-electron chi connectivity index (χ4n) is 2.05. The van der Waals surface area contributed by atoms with Crippen molar-refractivity contribution in [2.24, 2.45) is 0 Å². The van der Waals surface area contributed by atoms with Gasteiger partial charge in [0.25, 0.3) is 0 Å². The number of nitrogens with one attached hydrogen (secondary N) is 2. The monoisotopic (exact) mass is 349 g/mol. The smallest absolute Gasteiger partial charge is 0.152 e. The lowest BCUT2D eigenvalue weighted by atomic mass is 10.2. The van der Waals surface area contributed by atoms with Crippen LogP contribution in [-0.2, 0) is 6.54 Å². The second-order valence-electron chi connectivity index (χ2n) is 4.66. The van der Waals surface area contributed by atoms with Crippen LogP contribution in [0.3, 0.4) is 0 Å². The van der Waals surface area contributed by atoms with Crippen molar-refractivity contribution in [3.8, 4) is 11.5 Å². The Labute approximate surface area is 129 Å². The SMILES string of the molecule is Cc1ccc(-c2[nH]ncc2CNc2ccc(Br)cc2F)o1. The molecule has 0 radical (unpaired) electrons. The van der Waals surface area contributed by atoms with Crippen LogP contribution in [0, 0.1) is 12.7 Å². The maximum absolute atomic E-state index is 13.8. The summed E-state index contributed by atoms with van der Waals surface area (Å²) in [6, 6.07) is 8.68. The molecule has 0 saturated carbocycles. The van der Waals surface area contributed by atoms with E-state index in [0.29, 0.717) is 16.7 Å². The van der Waals surface area contributed by atoms with Crippen LogP contribution in [0.2, 0.25) is 0 Å². The number of halogens is 2. The van der Waals surface area contributed by atoms with Crippen molar-refractivity contribution in [2.75, 3.05) is 5.32 Å². The molecule has 6 heteroatoms. The van der Waals surface area contributed by atoms with Gasteiger partial charge in [-0.3, -0.25) is 5.10 Å². The lowest BCUT2D eigenvalue weighted by Gasteiger charge is -2.07. The zero-order valence-corrected chi connectivity index (χ0v) is 12.9. The van der Waals surface area contributed by atoms with Crippen LogP contribution in [0.1, 0.15) is 11.3 Å². The Hall–Kier alpha value is -2.08. The van der Waals surface area contributed by atoms with E-state index in [9.17, 15) is 4.39 Å². The number of aryl methyl sites for hydroxylation is 1. The van der Waals surface area contributed by atoms with E-state index in [1.165, 1.54) is 6.07 Å². The van der Waals surface area contributed by atoms with Crippen molar-refractivity contribution in [3.05, 3.63) is 58.1 Å². The predicted octanol–water partition coefficient (Wildman–Crippen LogP) is 4.49. The molecule has 0 unspecified atom stereocenters. The Morgan fingerprint density at radius 1 is 1.33 bits per heavy atom. The second-order valence-corrected chi connectivity index (χ2v) is 5.57. The van der Waals surface area contributed by atoms with Gasteiger partial charge in [0.05, 0.1) is 11.9 Å². The van der Waals surface area contributed by atoms with Crippen LogP contribution in [0.5, 0.6) is 0 Å². The highest BCUT2D eigenvalue weighted by Crippen LogP contribution is 2.25. The van der Waals surface area contributed by atoms with Gasteiger partial charge in [-0.15, -0.1) is 0 Å². The summed E-state index contributed by atoms with van der Waals surface area (Å²) < 4.78 is 20.1. The second kappa shape index (κ2) is 5.73. The molecule has 108 valence electrons. The number of hydrogen-bond donors (Lipinski definition) is 2. The molecule has 0 aliphatic rings. The summed E-state index contributed by atoms with van der Waals surface area (Å²) in [6.45, 7) is 2.33. The Kier molecular flexibility index (Phi) is 3.79. The lowest BCUT2D eigenvalue weighted by Crippen LogP contribution is -2.01. The molecule has 0 aliphatic carbocycles. The van der Waals surface area contributed by atoms with Crippen LogP contribution in [-0.4, -0.2) is 10.2 Å². The van der Waals surface area contributed by atoms with E-state index in [0.717, 1.165) is 22.8 Å². The molecule has 3 aromatic rings. The fourth-order valence-corrected chi connectivity index (χ4v) is 2.38. The number of furan rings is 1. The molecule has 1 aromatic carbocycles. The molecule has 0 atom stereocenters. The average Bonchev–Trinajstić information content (AvgIpc) is 3.06. The third-order valence-corrected chi connectivity index (χ3v) is 3.60. The van der Waals surface area contributed by atoms with Gasteiger partial charge in [0.15, 0.2) is 5.76 Å². The molecule has 2 N–H and O–H groups in total. The van der Waals surface area contributed by atoms with E-state index in [2.05, 4.69) is 31.4 Å². The third-order valence-electron chi connectivity index (χ3n) is 3.11. The topological polar surface area (TPSA) is 53.9 Å². The van der Waals surface area contributed by atoms with Gasteiger partial charge < -0.3 is 9.73 Å². The van der Waals surface area contributed by atoms with Crippen LogP contribution >= 0.6 is 15.9 Å². The number of benzene rings is 1. The van der Waals surface area contributed by atoms with Crippen molar-refractivity contribution < 1.29 is 8.81 Å². The van der Waals surface area contributed by atoms with Gasteiger partial charge in [-0.2, -0.15) is 5.10 Å². The summed E-state index contributed by atoms with van der Waals surface area (Å²) in [5, 5.41) is 10.0. The van der Waals surface area contributed by atoms with Gasteiger partial charge in [-0.05, 0) is 37.3 Å². The number of aromatic nitrogens is 2. The van der Waals surface area contributed by atoms with E-state index in [-0.39, 0.29) is 5.82 Å². The molecule has 2 heterocycles. The molecule has 0 aliphatic heterocycles. The first kappa shape index (κ1) is 13.9. The minimum Gasteiger partial charge on any atom is -0.460 e. The van der Waals surface area contributed by atoms with E-state index >= 15 is 0 Å². The first-order valence-corrected chi connectivity index (χ1v) is 7.21. The molecular weight excluding hydrogens is 337 g/mol. The zero-order valence-electron chi connectivity index (χ0n) is 11.3. The zero-order chi connectivity index (χ0) is 14.8. The van der Waals surface area contributed by atoms with E-state index in [1.807, 2.05) is 19.1 Å². The molecular formula is C15H13BrFN3O. The minimum atomic E-state index is -0.303. The van der Waals surface area contributed by atoms with Crippen molar-refractivity contribution in [2.45, 2.75) is 13.5 Å². The van der Waals surface area contributed by atoms with Crippen molar-refractivity contribution >= 4 is 21.6 Å². The Balaban J connectivity index is 1.79. The van der Waals surface area contributed by atoms with Crippen molar-refractivity contribution in [1.82, 2.24) is 10.2 Å². The quantitative estimate of drug-likeness (QED) is 0.729. The van der Waals surface area contributed by atoms with E-state index in [1.54, 1.807) is 18.3 Å². The summed E-state index contributed by atoms with van der Waals surface area (Å²) in [6.07, 6.45) is 1.71. The van der Waals surface area contributed by atoms with Crippen LogP contribution < -0.4 is 5.32 Å². The van der Waals surface area contributed by atoms with Gasteiger partial charge in [0, 0.05) is 16.6 Å². The summed E-state index contributed by atoms with van der Waals surface area (Å²) in [7, 11) is 0. The molecule has 4 nitrogen and oxygen atoms in total. The van der Waals surface area contributed by atoms with Crippen molar-refractivity contribution in [3.63, 3.8) is 0 Å². The predicted molar refractivity (Wildman–Crippen MR) is 82.5 cm³/mol. The molecule has 21 heavy (non-hydrogen) atoms. The van der Waals surface area contributed by atoms with Crippen LogP contribution in [0.4, 0.5) is 10.1 Å². The number of H-pyrrole nitrogens is 1. The van der Waals surface area contributed by atoms with E-state index in [4.69, 9.17) is 4.42 Å². The van der Waals surface area contributed by atoms with Crippen molar-refractivity contribution in [1.29, 1.82) is 0 Å². The van der Waals surface area contributed by atoms with Gasteiger partial charge in [0.1, 0.15) is 17.3 Å². The maximum Gasteiger partial charge on any atom is 0.152 e. The number of aromatic amines is 1. The number of nitrogens with zero attached hydrogens (tertiary/aromatic N) is 1.